The summed E-state index contributed by atoms with van der Waals surface area (Å²) in [5.74, 6) is 0.145. The van der Waals surface area contributed by atoms with Gasteiger partial charge in [-0.2, -0.15) is 0 Å². The molecule has 0 heterocycles. The highest BCUT2D eigenvalue weighted by atomic mass is 16.2. The van der Waals surface area contributed by atoms with Crippen LogP contribution in [0.5, 0.6) is 0 Å². The van der Waals surface area contributed by atoms with Crippen LogP contribution in [0.15, 0.2) is 24.3 Å². The van der Waals surface area contributed by atoms with Gasteiger partial charge in [0.25, 0.3) is 0 Å². The van der Waals surface area contributed by atoms with Gasteiger partial charge < -0.3 is 10.6 Å². The van der Waals surface area contributed by atoms with Gasteiger partial charge in [0, 0.05) is 27.2 Å². The molecule has 106 valence electrons. The molecular weight excluding hydrogens is 238 g/mol. The van der Waals surface area contributed by atoms with Gasteiger partial charge >= 0.3 is 0 Å². The number of nitrogens with zero attached hydrogens (tertiary/aromatic N) is 2. The number of benzene rings is 1. The summed E-state index contributed by atoms with van der Waals surface area (Å²) in [6.07, 6.45) is 1.04. The molecule has 0 saturated heterocycles. The molecule has 19 heavy (non-hydrogen) atoms. The molecule has 1 amide bonds. The van der Waals surface area contributed by atoms with Gasteiger partial charge in [0.15, 0.2) is 0 Å². The SMILES string of the molecule is CCCN(CC(=O)N(C)C)Cc1ccc(CN)cc1. The minimum atomic E-state index is 0.145. The van der Waals surface area contributed by atoms with Gasteiger partial charge in [-0.15, -0.1) is 0 Å². The molecule has 0 atom stereocenters. The molecule has 0 fully saturated rings. The van der Waals surface area contributed by atoms with Crippen molar-refractivity contribution in [1.29, 1.82) is 0 Å². The topological polar surface area (TPSA) is 49.6 Å². The minimum Gasteiger partial charge on any atom is -0.348 e. The molecule has 2 N–H and O–H groups in total. The van der Waals surface area contributed by atoms with Crippen LogP contribution in [0.4, 0.5) is 0 Å². The first-order valence-electron chi connectivity index (χ1n) is 6.77. The van der Waals surface area contributed by atoms with Crippen LogP contribution in [0.25, 0.3) is 0 Å². The molecular formula is C15H25N3O. The molecule has 0 unspecified atom stereocenters. The van der Waals surface area contributed by atoms with Crippen LogP contribution in [-0.2, 0) is 17.9 Å². The predicted octanol–water partition coefficient (Wildman–Crippen LogP) is 1.45. The number of amides is 1. The second-order valence-electron chi connectivity index (χ2n) is 5.02. The van der Waals surface area contributed by atoms with Crippen LogP contribution in [-0.4, -0.2) is 42.9 Å². The summed E-state index contributed by atoms with van der Waals surface area (Å²) < 4.78 is 0. The van der Waals surface area contributed by atoms with Crippen molar-refractivity contribution in [2.45, 2.75) is 26.4 Å². The first kappa shape index (κ1) is 15.7. The first-order valence-corrected chi connectivity index (χ1v) is 6.77. The van der Waals surface area contributed by atoms with Crippen molar-refractivity contribution in [2.24, 2.45) is 5.73 Å². The molecule has 0 radical (unpaired) electrons. The lowest BCUT2D eigenvalue weighted by atomic mass is 10.1. The smallest absolute Gasteiger partial charge is 0.236 e. The maximum Gasteiger partial charge on any atom is 0.236 e. The Balaban J connectivity index is 2.63. The van der Waals surface area contributed by atoms with E-state index < -0.39 is 0 Å². The van der Waals surface area contributed by atoms with Crippen molar-refractivity contribution >= 4 is 5.91 Å². The predicted molar refractivity (Wildman–Crippen MR) is 78.6 cm³/mol. The fourth-order valence-electron chi connectivity index (χ4n) is 1.90. The fraction of sp³-hybridized carbons (Fsp3) is 0.533. The van der Waals surface area contributed by atoms with Crippen LogP contribution < -0.4 is 5.73 Å². The average Bonchev–Trinajstić information content (AvgIpc) is 2.39. The minimum absolute atomic E-state index is 0.145. The molecule has 4 heteroatoms. The zero-order chi connectivity index (χ0) is 14.3. The molecule has 0 aromatic heterocycles. The van der Waals surface area contributed by atoms with Crippen molar-refractivity contribution in [3.8, 4) is 0 Å². The van der Waals surface area contributed by atoms with E-state index >= 15 is 0 Å². The summed E-state index contributed by atoms with van der Waals surface area (Å²) in [5.41, 5.74) is 7.94. The summed E-state index contributed by atoms with van der Waals surface area (Å²) in [4.78, 5) is 15.6. The summed E-state index contributed by atoms with van der Waals surface area (Å²) in [5, 5.41) is 0. The zero-order valence-electron chi connectivity index (χ0n) is 12.2. The highest BCUT2D eigenvalue weighted by Crippen LogP contribution is 2.08. The molecule has 0 aliphatic rings. The number of hydrogen-bond acceptors (Lipinski definition) is 3. The number of carbonyl (C=O) groups is 1. The van der Waals surface area contributed by atoms with Gasteiger partial charge in [-0.25, -0.2) is 0 Å². The second-order valence-corrected chi connectivity index (χ2v) is 5.02. The average molecular weight is 263 g/mol. The highest BCUT2D eigenvalue weighted by Gasteiger charge is 2.11. The van der Waals surface area contributed by atoms with Crippen LogP contribution in [0.1, 0.15) is 24.5 Å². The lowest BCUT2D eigenvalue weighted by Crippen LogP contribution is -2.36. The van der Waals surface area contributed by atoms with Gasteiger partial charge in [0.1, 0.15) is 0 Å². The Kier molecular flexibility index (Phi) is 6.53. The first-order chi connectivity index (χ1) is 9.06. The summed E-state index contributed by atoms with van der Waals surface area (Å²) >= 11 is 0. The van der Waals surface area contributed by atoms with Gasteiger partial charge in [-0.05, 0) is 24.1 Å². The fourth-order valence-corrected chi connectivity index (χ4v) is 1.90. The summed E-state index contributed by atoms with van der Waals surface area (Å²) in [6.45, 7) is 4.90. The van der Waals surface area contributed by atoms with Crippen molar-refractivity contribution in [3.05, 3.63) is 35.4 Å². The number of carbonyl (C=O) groups excluding carboxylic acids is 1. The Hall–Kier alpha value is -1.39. The van der Waals surface area contributed by atoms with Crippen molar-refractivity contribution in [3.63, 3.8) is 0 Å². The van der Waals surface area contributed by atoms with Gasteiger partial charge in [-0.3, -0.25) is 9.69 Å². The molecule has 1 aromatic carbocycles. The number of hydrogen-bond donors (Lipinski definition) is 1. The lowest BCUT2D eigenvalue weighted by molar-refractivity contribution is -0.130. The van der Waals surface area contributed by atoms with Crippen molar-refractivity contribution < 1.29 is 4.79 Å². The van der Waals surface area contributed by atoms with Crippen LogP contribution in [0.2, 0.25) is 0 Å². The molecule has 1 rings (SSSR count). The van der Waals surface area contributed by atoms with Crippen LogP contribution in [0.3, 0.4) is 0 Å². The van der Waals surface area contributed by atoms with E-state index in [1.165, 1.54) is 5.56 Å². The monoisotopic (exact) mass is 263 g/mol. The highest BCUT2D eigenvalue weighted by molar-refractivity contribution is 5.77. The maximum atomic E-state index is 11.8. The quantitative estimate of drug-likeness (QED) is 0.810. The Morgan fingerprint density at radius 3 is 2.21 bits per heavy atom. The van der Waals surface area contributed by atoms with Gasteiger partial charge in [-0.1, -0.05) is 31.2 Å². The number of likely N-dealkylation sites (N-methyl/N-ethyl adjacent to an activating group) is 1. The van der Waals surface area contributed by atoms with E-state index in [-0.39, 0.29) is 5.91 Å². The Morgan fingerprint density at radius 1 is 1.16 bits per heavy atom. The standard InChI is InChI=1S/C15H25N3O/c1-4-9-18(12-15(19)17(2)3)11-14-7-5-13(10-16)6-8-14/h5-8H,4,9-12,16H2,1-3H3. The van der Waals surface area contributed by atoms with E-state index in [0.29, 0.717) is 13.1 Å². The summed E-state index contributed by atoms with van der Waals surface area (Å²) in [6, 6.07) is 8.27. The van der Waals surface area contributed by atoms with Crippen LogP contribution in [0, 0.1) is 0 Å². The van der Waals surface area contributed by atoms with Crippen molar-refractivity contribution in [2.75, 3.05) is 27.2 Å². The molecule has 0 saturated carbocycles. The maximum absolute atomic E-state index is 11.8. The normalized spacial score (nSPS) is 10.8. The third kappa shape index (κ3) is 5.41. The largest absolute Gasteiger partial charge is 0.348 e. The van der Waals surface area contributed by atoms with E-state index in [4.69, 9.17) is 5.73 Å². The van der Waals surface area contributed by atoms with E-state index in [0.717, 1.165) is 25.1 Å². The van der Waals surface area contributed by atoms with Gasteiger partial charge in [0.2, 0.25) is 5.91 Å². The molecule has 0 aliphatic carbocycles. The van der Waals surface area contributed by atoms with E-state index in [9.17, 15) is 4.79 Å². The molecule has 1 aromatic rings. The summed E-state index contributed by atoms with van der Waals surface area (Å²) in [7, 11) is 3.59. The van der Waals surface area contributed by atoms with Crippen molar-refractivity contribution in [1.82, 2.24) is 9.80 Å². The van der Waals surface area contributed by atoms with Gasteiger partial charge in [0.05, 0.1) is 6.54 Å². The zero-order valence-corrected chi connectivity index (χ0v) is 12.2. The molecule has 0 spiro atoms. The Morgan fingerprint density at radius 2 is 1.74 bits per heavy atom. The molecule has 0 aliphatic heterocycles. The molecule has 4 nitrogen and oxygen atoms in total. The second kappa shape index (κ2) is 7.92. The third-order valence-corrected chi connectivity index (χ3v) is 3.06. The van der Waals surface area contributed by atoms with E-state index in [1.54, 1.807) is 19.0 Å². The number of rotatable bonds is 7. The third-order valence-electron chi connectivity index (χ3n) is 3.06. The molecule has 0 bridgehead atoms. The van der Waals surface area contributed by atoms with E-state index in [1.807, 2.05) is 12.1 Å². The Labute approximate surface area is 116 Å². The Bertz CT molecular complexity index is 387. The lowest BCUT2D eigenvalue weighted by Gasteiger charge is -2.23. The number of nitrogens with two attached hydrogens (primary N) is 1. The van der Waals surface area contributed by atoms with E-state index in [2.05, 4.69) is 24.0 Å². The van der Waals surface area contributed by atoms with Crippen LogP contribution >= 0.6 is 0 Å².